The van der Waals surface area contributed by atoms with Gasteiger partial charge >= 0.3 is 0 Å². The number of hydrogen-bond acceptors (Lipinski definition) is 5. The van der Waals surface area contributed by atoms with Crippen LogP contribution in [0.25, 0.3) is 0 Å². The number of likely N-dealkylation sites (tertiary alicyclic amines) is 1. The van der Waals surface area contributed by atoms with Gasteiger partial charge in [-0.25, -0.2) is 0 Å². The average molecular weight is 424 g/mol. The van der Waals surface area contributed by atoms with Crippen LogP contribution >= 0.6 is 0 Å². The molecule has 1 N–H and O–H groups in total. The van der Waals surface area contributed by atoms with Gasteiger partial charge in [0.1, 0.15) is 5.75 Å². The van der Waals surface area contributed by atoms with Crippen LogP contribution in [-0.4, -0.2) is 42.4 Å². The Labute approximate surface area is 183 Å². The number of carbonyl (C=O) groups is 1. The number of amides is 1. The van der Waals surface area contributed by atoms with Crippen LogP contribution in [0.2, 0.25) is 0 Å². The Hall–Kier alpha value is -2.83. The quantitative estimate of drug-likeness (QED) is 0.735. The van der Waals surface area contributed by atoms with Crippen molar-refractivity contribution in [3.05, 3.63) is 77.1 Å². The lowest BCUT2D eigenvalue weighted by Gasteiger charge is -2.31. The first-order chi connectivity index (χ1) is 15.2. The molecule has 0 bridgehead atoms. The molecule has 2 atom stereocenters. The predicted molar refractivity (Wildman–Crippen MR) is 116 cm³/mol. The number of allylic oxidation sites excluding steroid dienone is 1. The molecule has 2 aromatic rings. The van der Waals surface area contributed by atoms with Crippen molar-refractivity contribution in [1.82, 2.24) is 4.90 Å². The van der Waals surface area contributed by atoms with Crippen molar-refractivity contribution in [2.24, 2.45) is 0 Å². The van der Waals surface area contributed by atoms with E-state index < -0.39 is 6.29 Å². The van der Waals surface area contributed by atoms with E-state index in [2.05, 4.69) is 0 Å². The number of carbonyl (C=O) groups excluding carboxylic acids is 1. The van der Waals surface area contributed by atoms with Gasteiger partial charge in [-0.05, 0) is 47.7 Å². The Morgan fingerprint density at radius 2 is 1.74 bits per heavy atom. The van der Waals surface area contributed by atoms with Crippen LogP contribution in [-0.2, 0) is 27.5 Å². The number of benzene rings is 2. The Morgan fingerprint density at radius 1 is 1.06 bits per heavy atom. The van der Waals surface area contributed by atoms with Crippen LogP contribution in [0.4, 0.5) is 0 Å². The van der Waals surface area contributed by atoms with E-state index in [4.69, 9.17) is 14.2 Å². The number of methoxy groups -OCH3 is 1. The molecule has 0 aromatic heterocycles. The van der Waals surface area contributed by atoms with Gasteiger partial charge in [0.2, 0.25) is 6.29 Å². The van der Waals surface area contributed by atoms with Crippen molar-refractivity contribution >= 4 is 5.91 Å². The molecule has 1 amide bonds. The molecule has 2 aliphatic heterocycles. The number of nitrogens with zero attached hydrogens (tertiary/aromatic N) is 1. The maximum absolute atomic E-state index is 13.0. The Bertz CT molecular complexity index is 901. The van der Waals surface area contributed by atoms with Crippen molar-refractivity contribution < 1.29 is 24.1 Å². The lowest BCUT2D eigenvalue weighted by molar-refractivity contribution is -0.155. The van der Waals surface area contributed by atoms with Crippen molar-refractivity contribution in [3.63, 3.8) is 0 Å². The van der Waals surface area contributed by atoms with Gasteiger partial charge in [0.25, 0.3) is 5.91 Å². The third-order valence-electron chi connectivity index (χ3n) is 5.85. The summed E-state index contributed by atoms with van der Waals surface area (Å²) in [5, 5.41) is 9.20. The standard InChI is InChI=1S/C25H29NO5/c1-29-22-10-8-20(9-11-22)21-14-23(25(28)26-12-2-3-13-26)31-24(15-21)30-17-19-6-4-18(16-27)5-7-19/h4-11,14,21,24,27H,2-3,12-13,15-17H2,1H3/t21-,24+/m0/s1. The molecule has 6 heteroatoms. The zero-order valence-electron chi connectivity index (χ0n) is 17.8. The van der Waals surface area contributed by atoms with Crippen LogP contribution < -0.4 is 4.74 Å². The summed E-state index contributed by atoms with van der Waals surface area (Å²) < 4.78 is 17.3. The van der Waals surface area contributed by atoms with Gasteiger partial charge in [0, 0.05) is 25.4 Å². The fourth-order valence-corrected chi connectivity index (χ4v) is 4.00. The summed E-state index contributed by atoms with van der Waals surface area (Å²) in [5.41, 5.74) is 2.94. The van der Waals surface area contributed by atoms with E-state index in [-0.39, 0.29) is 18.4 Å². The molecule has 2 heterocycles. The van der Waals surface area contributed by atoms with Crippen LogP contribution in [0.5, 0.6) is 5.75 Å². The fraction of sp³-hybridized carbons (Fsp3) is 0.400. The molecule has 164 valence electrons. The SMILES string of the molecule is COc1ccc([C@H]2C=C(C(=O)N3CCCC3)O[C@@H](OCc3ccc(CO)cc3)C2)cc1. The molecular formula is C25H29NO5. The van der Waals surface area contributed by atoms with E-state index in [1.165, 1.54) is 0 Å². The maximum Gasteiger partial charge on any atom is 0.288 e. The molecule has 6 nitrogen and oxygen atoms in total. The second-order valence-electron chi connectivity index (χ2n) is 7.98. The summed E-state index contributed by atoms with van der Waals surface area (Å²) in [6.07, 6.45) is 4.10. The van der Waals surface area contributed by atoms with E-state index >= 15 is 0 Å². The van der Waals surface area contributed by atoms with E-state index in [9.17, 15) is 9.90 Å². The molecule has 2 aliphatic rings. The van der Waals surface area contributed by atoms with E-state index in [0.29, 0.717) is 18.8 Å². The minimum Gasteiger partial charge on any atom is -0.497 e. The molecule has 0 radical (unpaired) electrons. The lowest BCUT2D eigenvalue weighted by Crippen LogP contribution is -2.34. The largest absolute Gasteiger partial charge is 0.497 e. The summed E-state index contributed by atoms with van der Waals surface area (Å²) in [6.45, 7) is 1.94. The van der Waals surface area contributed by atoms with Crippen molar-refractivity contribution in [3.8, 4) is 5.75 Å². The van der Waals surface area contributed by atoms with Gasteiger partial charge in [-0.15, -0.1) is 0 Å². The topological polar surface area (TPSA) is 68.2 Å². The average Bonchev–Trinajstić information content (AvgIpc) is 3.37. The number of ether oxygens (including phenoxy) is 3. The maximum atomic E-state index is 13.0. The summed E-state index contributed by atoms with van der Waals surface area (Å²) in [7, 11) is 1.65. The van der Waals surface area contributed by atoms with Crippen LogP contribution in [0.1, 0.15) is 41.9 Å². The summed E-state index contributed by atoms with van der Waals surface area (Å²) in [5.74, 6) is 1.13. The Kier molecular flexibility index (Phi) is 6.89. The smallest absolute Gasteiger partial charge is 0.288 e. The third-order valence-corrected chi connectivity index (χ3v) is 5.85. The predicted octanol–water partition coefficient (Wildman–Crippen LogP) is 3.74. The normalized spacial score (nSPS) is 20.8. The van der Waals surface area contributed by atoms with Crippen molar-refractivity contribution in [1.29, 1.82) is 0 Å². The molecule has 2 aromatic carbocycles. The molecular weight excluding hydrogens is 394 g/mol. The second kappa shape index (κ2) is 9.98. The molecule has 1 saturated heterocycles. The molecule has 4 rings (SSSR count). The number of aliphatic hydroxyl groups is 1. The zero-order valence-corrected chi connectivity index (χ0v) is 17.8. The number of hydrogen-bond donors (Lipinski definition) is 1. The zero-order chi connectivity index (χ0) is 21.6. The van der Waals surface area contributed by atoms with Gasteiger partial charge in [0.15, 0.2) is 5.76 Å². The molecule has 1 fully saturated rings. The van der Waals surface area contributed by atoms with E-state index in [1.54, 1.807) is 7.11 Å². The Balaban J connectivity index is 1.50. The molecule has 0 aliphatic carbocycles. The highest BCUT2D eigenvalue weighted by molar-refractivity contribution is 5.92. The Morgan fingerprint density at radius 3 is 2.39 bits per heavy atom. The number of aliphatic hydroxyl groups excluding tert-OH is 1. The lowest BCUT2D eigenvalue weighted by atomic mass is 9.92. The monoisotopic (exact) mass is 423 g/mol. The number of rotatable bonds is 7. The first-order valence-electron chi connectivity index (χ1n) is 10.8. The summed E-state index contributed by atoms with van der Waals surface area (Å²) >= 11 is 0. The summed E-state index contributed by atoms with van der Waals surface area (Å²) in [4.78, 5) is 14.9. The van der Waals surface area contributed by atoms with Gasteiger partial charge in [-0.3, -0.25) is 4.79 Å². The highest BCUT2D eigenvalue weighted by atomic mass is 16.7. The summed E-state index contributed by atoms with van der Waals surface area (Å²) in [6, 6.07) is 15.5. The minimum absolute atomic E-state index is 0.0166. The van der Waals surface area contributed by atoms with Crippen LogP contribution in [0, 0.1) is 0 Å². The van der Waals surface area contributed by atoms with Gasteiger partial charge in [0.05, 0.1) is 20.3 Å². The van der Waals surface area contributed by atoms with Crippen LogP contribution in [0.3, 0.4) is 0 Å². The molecule has 0 saturated carbocycles. The highest BCUT2D eigenvalue weighted by Crippen LogP contribution is 2.33. The molecule has 0 unspecified atom stereocenters. The fourth-order valence-electron chi connectivity index (χ4n) is 4.00. The first kappa shape index (κ1) is 21.4. The van der Waals surface area contributed by atoms with Crippen LogP contribution in [0.15, 0.2) is 60.4 Å². The van der Waals surface area contributed by atoms with Crippen molar-refractivity contribution in [2.45, 2.75) is 44.7 Å². The minimum atomic E-state index is -0.517. The second-order valence-corrected chi connectivity index (χ2v) is 7.98. The van der Waals surface area contributed by atoms with Gasteiger partial charge in [-0.1, -0.05) is 36.4 Å². The van der Waals surface area contributed by atoms with Gasteiger partial charge in [-0.2, -0.15) is 0 Å². The van der Waals surface area contributed by atoms with Gasteiger partial charge < -0.3 is 24.2 Å². The molecule has 0 spiro atoms. The van der Waals surface area contributed by atoms with E-state index in [0.717, 1.165) is 48.4 Å². The van der Waals surface area contributed by atoms with Crippen molar-refractivity contribution in [2.75, 3.05) is 20.2 Å². The third kappa shape index (κ3) is 5.27. The molecule has 31 heavy (non-hydrogen) atoms. The first-order valence-corrected chi connectivity index (χ1v) is 10.8. The highest BCUT2D eigenvalue weighted by Gasteiger charge is 2.31. The van der Waals surface area contributed by atoms with E-state index in [1.807, 2.05) is 59.5 Å².